The largest absolute Gasteiger partial charge is 0.481 e. The van der Waals surface area contributed by atoms with Crippen LogP contribution in [0.25, 0.3) is 11.1 Å². The van der Waals surface area contributed by atoms with Crippen molar-refractivity contribution in [2.24, 2.45) is 11.8 Å². The van der Waals surface area contributed by atoms with E-state index in [9.17, 15) is 19.8 Å². The number of aryl methyl sites for hydroxylation is 1. The van der Waals surface area contributed by atoms with E-state index in [1.165, 1.54) is 5.56 Å². The topological polar surface area (TPSA) is 74.6 Å². The first-order valence-electron chi connectivity index (χ1n) is 10.2. The van der Waals surface area contributed by atoms with E-state index in [0.717, 1.165) is 28.7 Å². The zero-order valence-corrected chi connectivity index (χ0v) is 20.4. The normalized spacial score (nSPS) is 12.4. The summed E-state index contributed by atoms with van der Waals surface area (Å²) in [5.74, 6) is -4.17. The zero-order valence-electron chi connectivity index (χ0n) is 17.6. The summed E-state index contributed by atoms with van der Waals surface area (Å²) in [6, 6.07) is 25.2. The van der Waals surface area contributed by atoms with Gasteiger partial charge in [0, 0.05) is 32.7 Å². The summed E-state index contributed by atoms with van der Waals surface area (Å²) in [5, 5.41) is 19.5. The summed E-state index contributed by atoms with van der Waals surface area (Å²) in [4.78, 5) is 23.8. The summed E-state index contributed by atoms with van der Waals surface area (Å²) in [7, 11) is 0. The molecule has 0 heterocycles. The first kappa shape index (κ1) is 25.0. The third-order valence-electron chi connectivity index (χ3n) is 5.50. The van der Waals surface area contributed by atoms with Crippen LogP contribution < -0.4 is 0 Å². The molecule has 0 aliphatic heterocycles. The summed E-state index contributed by atoms with van der Waals surface area (Å²) < 4.78 is 0. The number of carbonyl (C=O) groups is 2. The molecule has 0 unspecified atom stereocenters. The van der Waals surface area contributed by atoms with Crippen LogP contribution in [0.1, 0.15) is 23.6 Å². The van der Waals surface area contributed by atoms with E-state index >= 15 is 0 Å². The van der Waals surface area contributed by atoms with Gasteiger partial charge in [-0.05, 0) is 47.1 Å². The summed E-state index contributed by atoms with van der Waals surface area (Å²) >= 11 is 0. The molecule has 0 aliphatic rings. The van der Waals surface area contributed by atoms with E-state index in [2.05, 4.69) is 25.1 Å². The van der Waals surface area contributed by atoms with Crippen molar-refractivity contribution in [3.8, 4) is 11.1 Å². The van der Waals surface area contributed by atoms with E-state index in [1.54, 1.807) is 0 Å². The second-order valence-electron chi connectivity index (χ2n) is 7.53. The van der Waals surface area contributed by atoms with Crippen LogP contribution in [0.5, 0.6) is 0 Å². The van der Waals surface area contributed by atoms with Gasteiger partial charge in [0.05, 0.1) is 11.8 Å². The molecular weight excluding hydrogens is 465 g/mol. The second-order valence-corrected chi connectivity index (χ2v) is 7.53. The minimum absolute atomic E-state index is 0. The molecule has 5 heteroatoms. The van der Waals surface area contributed by atoms with E-state index in [4.69, 9.17) is 0 Å². The predicted molar refractivity (Wildman–Crippen MR) is 117 cm³/mol. The van der Waals surface area contributed by atoms with Gasteiger partial charge < -0.3 is 10.2 Å². The van der Waals surface area contributed by atoms with Crippen LogP contribution in [0.2, 0.25) is 0 Å². The Morgan fingerprint density at radius 1 is 0.677 bits per heavy atom. The predicted octanol–water partition coefficient (Wildman–Crippen LogP) is 5.10. The molecule has 4 nitrogen and oxygen atoms in total. The van der Waals surface area contributed by atoms with E-state index in [0.29, 0.717) is 0 Å². The van der Waals surface area contributed by atoms with Crippen molar-refractivity contribution >= 4 is 11.9 Å². The first-order chi connectivity index (χ1) is 14.5. The maximum atomic E-state index is 11.9. The average Bonchev–Trinajstić information content (AvgIpc) is 2.77. The fourth-order valence-electron chi connectivity index (χ4n) is 3.73. The molecule has 2 N–H and O–H groups in total. The van der Waals surface area contributed by atoms with Crippen molar-refractivity contribution in [1.82, 2.24) is 0 Å². The smallest absolute Gasteiger partial charge is 0.307 e. The number of aliphatic carboxylic acids is 2. The van der Waals surface area contributed by atoms with Gasteiger partial charge in [-0.15, -0.1) is 0 Å². The molecule has 31 heavy (non-hydrogen) atoms. The van der Waals surface area contributed by atoms with Crippen molar-refractivity contribution in [3.63, 3.8) is 0 Å². The molecule has 2 atom stereocenters. The molecule has 157 valence electrons. The van der Waals surface area contributed by atoms with Crippen molar-refractivity contribution in [2.45, 2.75) is 26.2 Å². The van der Waals surface area contributed by atoms with Crippen molar-refractivity contribution in [3.05, 3.63) is 95.6 Å². The van der Waals surface area contributed by atoms with Gasteiger partial charge >= 0.3 is 11.9 Å². The number of carboxylic acid groups (broad SMARTS) is 2. The minimum atomic E-state index is -1.09. The van der Waals surface area contributed by atoms with Gasteiger partial charge in [-0.25, -0.2) is 0 Å². The standard InChI is InChI=1S/C26H26O4.Y/c1-2-18-9-6-10-22(15-18)21-13-11-20(12-14-21)17-24(26(29)30)23(25(27)28)16-19-7-4-3-5-8-19;/h3-15,23-24H,2,16-17H2,1H3,(H,27,28)(H,29,30);/t23-,24-;/m0./s1. The first-order valence-corrected chi connectivity index (χ1v) is 10.2. The van der Waals surface area contributed by atoms with Crippen LogP contribution in [0.4, 0.5) is 0 Å². The molecule has 3 aromatic rings. The molecule has 0 bridgehead atoms. The molecule has 1 radical (unpaired) electrons. The van der Waals surface area contributed by atoms with E-state index in [-0.39, 0.29) is 45.6 Å². The van der Waals surface area contributed by atoms with Crippen molar-refractivity contribution < 1.29 is 52.5 Å². The number of carboxylic acids is 2. The minimum Gasteiger partial charge on any atom is -0.481 e. The third-order valence-corrected chi connectivity index (χ3v) is 5.50. The van der Waals surface area contributed by atoms with Gasteiger partial charge in [-0.3, -0.25) is 9.59 Å². The third kappa shape index (κ3) is 6.85. The fraction of sp³-hybridized carbons (Fsp3) is 0.231. The Morgan fingerprint density at radius 2 is 1.19 bits per heavy atom. The molecule has 0 spiro atoms. The van der Waals surface area contributed by atoms with Gasteiger partial charge in [-0.1, -0.05) is 85.8 Å². The maximum absolute atomic E-state index is 11.9. The van der Waals surface area contributed by atoms with Crippen LogP contribution in [0, 0.1) is 11.8 Å². The summed E-state index contributed by atoms with van der Waals surface area (Å²) in [5.41, 5.74) is 5.07. The van der Waals surface area contributed by atoms with Gasteiger partial charge in [0.25, 0.3) is 0 Å². The zero-order chi connectivity index (χ0) is 21.5. The van der Waals surface area contributed by atoms with Gasteiger partial charge in [0.15, 0.2) is 0 Å². The Bertz CT molecular complexity index is 999. The molecule has 0 amide bonds. The monoisotopic (exact) mass is 491 g/mol. The average molecular weight is 491 g/mol. The Morgan fingerprint density at radius 3 is 1.71 bits per heavy atom. The Kier molecular flexibility index (Phi) is 9.60. The molecule has 0 saturated heterocycles. The number of rotatable bonds is 9. The molecule has 0 saturated carbocycles. The number of hydrogen-bond donors (Lipinski definition) is 2. The van der Waals surface area contributed by atoms with Crippen LogP contribution in [0.15, 0.2) is 78.9 Å². The van der Waals surface area contributed by atoms with Crippen LogP contribution >= 0.6 is 0 Å². The Hall–Kier alpha value is -2.30. The molecule has 3 aromatic carbocycles. The number of hydrogen-bond acceptors (Lipinski definition) is 2. The molecular formula is C26H26O4Y. The van der Waals surface area contributed by atoms with Crippen molar-refractivity contribution in [2.75, 3.05) is 0 Å². The maximum Gasteiger partial charge on any atom is 0.307 e. The van der Waals surface area contributed by atoms with Crippen LogP contribution in [-0.4, -0.2) is 22.2 Å². The Balaban J connectivity index is 0.00000341. The molecule has 0 fully saturated rings. The quantitative estimate of drug-likeness (QED) is 0.437. The molecule has 3 rings (SSSR count). The van der Waals surface area contributed by atoms with E-state index in [1.807, 2.05) is 60.7 Å². The molecule has 0 aromatic heterocycles. The van der Waals surface area contributed by atoms with Gasteiger partial charge in [0.1, 0.15) is 0 Å². The fourth-order valence-corrected chi connectivity index (χ4v) is 3.73. The molecule has 0 aliphatic carbocycles. The summed E-state index contributed by atoms with van der Waals surface area (Å²) in [6.07, 6.45) is 1.33. The summed E-state index contributed by atoms with van der Waals surface area (Å²) in [6.45, 7) is 2.11. The van der Waals surface area contributed by atoms with E-state index < -0.39 is 23.8 Å². The van der Waals surface area contributed by atoms with Gasteiger partial charge in [-0.2, -0.15) is 0 Å². The van der Waals surface area contributed by atoms with Gasteiger partial charge in [0.2, 0.25) is 0 Å². The Labute approximate surface area is 208 Å². The van der Waals surface area contributed by atoms with Crippen molar-refractivity contribution in [1.29, 1.82) is 0 Å². The van der Waals surface area contributed by atoms with Crippen LogP contribution in [0.3, 0.4) is 0 Å². The second kappa shape index (κ2) is 11.9. The number of benzene rings is 3. The SMILES string of the molecule is CCc1cccc(-c2ccc(C[C@H](C(=O)O)[C@H](Cc3ccccc3)C(=O)O)cc2)c1.[Y]. The van der Waals surface area contributed by atoms with Crippen LogP contribution in [-0.2, 0) is 61.6 Å².